The van der Waals surface area contributed by atoms with E-state index in [-0.39, 0.29) is 12.1 Å². The van der Waals surface area contributed by atoms with E-state index < -0.39 is 0 Å². The summed E-state index contributed by atoms with van der Waals surface area (Å²) in [6.45, 7) is 4.30. The molecule has 0 aromatic rings. The second kappa shape index (κ2) is 4.32. The van der Waals surface area contributed by atoms with Gasteiger partial charge in [-0.1, -0.05) is 5.92 Å². The standard InChI is InChI=1S/C8H15NO/c1-5-6-9(4)7(2)8(3)10/h1,7-8,10H,6H2,2-4H3/t7-,8-/m1/s1. The number of rotatable bonds is 3. The Morgan fingerprint density at radius 2 is 2.10 bits per heavy atom. The molecule has 0 aliphatic heterocycles. The minimum atomic E-state index is -0.321. The van der Waals surface area contributed by atoms with E-state index in [4.69, 9.17) is 11.5 Å². The first kappa shape index (κ1) is 9.48. The Labute approximate surface area is 62.8 Å². The molecule has 0 aliphatic carbocycles. The van der Waals surface area contributed by atoms with Crippen molar-refractivity contribution in [2.75, 3.05) is 13.6 Å². The van der Waals surface area contributed by atoms with Crippen molar-refractivity contribution >= 4 is 0 Å². The summed E-state index contributed by atoms with van der Waals surface area (Å²) >= 11 is 0. The average Bonchev–Trinajstić information content (AvgIpc) is 1.87. The van der Waals surface area contributed by atoms with Gasteiger partial charge in [0.25, 0.3) is 0 Å². The maximum atomic E-state index is 9.11. The molecule has 0 aromatic carbocycles. The minimum Gasteiger partial charge on any atom is -0.392 e. The Balaban J connectivity index is 3.72. The van der Waals surface area contributed by atoms with Crippen molar-refractivity contribution in [2.45, 2.75) is 26.0 Å². The van der Waals surface area contributed by atoms with Crippen LogP contribution in [0.15, 0.2) is 0 Å². The number of hydrogen-bond acceptors (Lipinski definition) is 2. The number of terminal acetylenes is 1. The highest BCUT2D eigenvalue weighted by Crippen LogP contribution is 1.99. The molecule has 0 amide bonds. The van der Waals surface area contributed by atoms with E-state index in [9.17, 15) is 0 Å². The molecule has 58 valence electrons. The third-order valence-corrected chi connectivity index (χ3v) is 1.73. The van der Waals surface area contributed by atoms with Crippen LogP contribution in [0.3, 0.4) is 0 Å². The second-order valence-electron chi connectivity index (χ2n) is 2.60. The molecule has 2 nitrogen and oxygen atoms in total. The molecule has 0 saturated heterocycles. The average molecular weight is 141 g/mol. The van der Waals surface area contributed by atoms with E-state index >= 15 is 0 Å². The van der Waals surface area contributed by atoms with Gasteiger partial charge in [0.1, 0.15) is 0 Å². The quantitative estimate of drug-likeness (QED) is 0.572. The predicted octanol–water partition coefficient (Wildman–Crippen LogP) is 0.321. The molecular weight excluding hydrogens is 126 g/mol. The Morgan fingerprint density at radius 3 is 2.40 bits per heavy atom. The van der Waals surface area contributed by atoms with Crippen molar-refractivity contribution in [3.05, 3.63) is 0 Å². The summed E-state index contributed by atoms with van der Waals surface area (Å²) in [6.07, 6.45) is 4.77. The van der Waals surface area contributed by atoms with E-state index in [1.807, 2.05) is 18.9 Å². The SMILES string of the molecule is C#CCN(C)[C@H](C)[C@@H](C)O. The van der Waals surface area contributed by atoms with Gasteiger partial charge in [0.15, 0.2) is 0 Å². The lowest BCUT2D eigenvalue weighted by molar-refractivity contribution is 0.0943. The van der Waals surface area contributed by atoms with Crippen LogP contribution in [0.5, 0.6) is 0 Å². The predicted molar refractivity (Wildman–Crippen MR) is 42.6 cm³/mol. The Morgan fingerprint density at radius 1 is 1.60 bits per heavy atom. The Hall–Kier alpha value is -0.520. The van der Waals surface area contributed by atoms with Gasteiger partial charge in [0, 0.05) is 6.04 Å². The molecule has 2 atom stereocenters. The number of aliphatic hydroxyl groups excluding tert-OH is 1. The lowest BCUT2D eigenvalue weighted by Gasteiger charge is -2.24. The number of nitrogens with zero attached hydrogens (tertiary/aromatic N) is 1. The van der Waals surface area contributed by atoms with Crippen molar-refractivity contribution in [1.29, 1.82) is 0 Å². The van der Waals surface area contributed by atoms with Gasteiger partial charge < -0.3 is 5.11 Å². The van der Waals surface area contributed by atoms with E-state index in [1.165, 1.54) is 0 Å². The van der Waals surface area contributed by atoms with Crippen molar-refractivity contribution in [1.82, 2.24) is 4.90 Å². The molecule has 0 spiro atoms. The maximum Gasteiger partial charge on any atom is 0.0664 e. The Kier molecular flexibility index (Phi) is 4.10. The van der Waals surface area contributed by atoms with Gasteiger partial charge in [-0.05, 0) is 20.9 Å². The fourth-order valence-corrected chi connectivity index (χ4v) is 0.656. The van der Waals surface area contributed by atoms with Crippen LogP contribution in [0.25, 0.3) is 0 Å². The van der Waals surface area contributed by atoms with Crippen LogP contribution >= 0.6 is 0 Å². The topological polar surface area (TPSA) is 23.5 Å². The molecule has 2 heteroatoms. The summed E-state index contributed by atoms with van der Waals surface area (Å²) in [6, 6.07) is 0.135. The monoisotopic (exact) mass is 141 g/mol. The molecule has 0 rings (SSSR count). The van der Waals surface area contributed by atoms with Gasteiger partial charge in [0.05, 0.1) is 12.6 Å². The number of hydrogen-bond donors (Lipinski definition) is 1. The van der Waals surface area contributed by atoms with E-state index in [1.54, 1.807) is 6.92 Å². The van der Waals surface area contributed by atoms with Crippen LogP contribution in [-0.2, 0) is 0 Å². The normalized spacial score (nSPS) is 16.4. The second-order valence-corrected chi connectivity index (χ2v) is 2.60. The molecule has 0 saturated carbocycles. The smallest absolute Gasteiger partial charge is 0.0664 e. The van der Waals surface area contributed by atoms with Gasteiger partial charge in [-0.2, -0.15) is 0 Å². The summed E-state index contributed by atoms with van der Waals surface area (Å²) in [5, 5.41) is 9.11. The van der Waals surface area contributed by atoms with Gasteiger partial charge in [-0.15, -0.1) is 6.42 Å². The van der Waals surface area contributed by atoms with Crippen LogP contribution < -0.4 is 0 Å². The summed E-state index contributed by atoms with van der Waals surface area (Å²) in [5.74, 6) is 2.52. The fourth-order valence-electron chi connectivity index (χ4n) is 0.656. The van der Waals surface area contributed by atoms with E-state index in [0.29, 0.717) is 6.54 Å². The van der Waals surface area contributed by atoms with E-state index in [0.717, 1.165) is 0 Å². The third kappa shape index (κ3) is 2.86. The zero-order chi connectivity index (χ0) is 8.15. The van der Waals surface area contributed by atoms with Gasteiger partial charge >= 0.3 is 0 Å². The third-order valence-electron chi connectivity index (χ3n) is 1.73. The highest BCUT2D eigenvalue weighted by Gasteiger charge is 2.12. The Bertz CT molecular complexity index is 126. The van der Waals surface area contributed by atoms with Crippen molar-refractivity contribution in [3.8, 4) is 12.3 Å². The van der Waals surface area contributed by atoms with Gasteiger partial charge in [-0.25, -0.2) is 0 Å². The summed E-state index contributed by atoms with van der Waals surface area (Å²) < 4.78 is 0. The minimum absolute atomic E-state index is 0.135. The first-order valence-electron chi connectivity index (χ1n) is 3.41. The van der Waals surface area contributed by atoms with Crippen LogP contribution in [0.2, 0.25) is 0 Å². The van der Waals surface area contributed by atoms with Crippen molar-refractivity contribution in [3.63, 3.8) is 0 Å². The fraction of sp³-hybridized carbons (Fsp3) is 0.750. The van der Waals surface area contributed by atoms with Crippen LogP contribution in [0.4, 0.5) is 0 Å². The lowest BCUT2D eigenvalue weighted by atomic mass is 10.2. The molecule has 0 radical (unpaired) electrons. The first-order chi connectivity index (χ1) is 4.59. The summed E-state index contributed by atoms with van der Waals surface area (Å²) in [5.41, 5.74) is 0. The number of aliphatic hydroxyl groups is 1. The highest BCUT2D eigenvalue weighted by molar-refractivity contribution is 4.89. The zero-order valence-electron chi connectivity index (χ0n) is 6.83. The van der Waals surface area contributed by atoms with Gasteiger partial charge in [0.2, 0.25) is 0 Å². The molecule has 0 fully saturated rings. The van der Waals surface area contributed by atoms with E-state index in [2.05, 4.69) is 5.92 Å². The zero-order valence-corrected chi connectivity index (χ0v) is 6.83. The van der Waals surface area contributed by atoms with Crippen LogP contribution in [-0.4, -0.2) is 35.7 Å². The molecule has 10 heavy (non-hydrogen) atoms. The summed E-state index contributed by atoms with van der Waals surface area (Å²) in [7, 11) is 1.90. The highest BCUT2D eigenvalue weighted by atomic mass is 16.3. The molecule has 1 N–H and O–H groups in total. The van der Waals surface area contributed by atoms with Crippen molar-refractivity contribution in [2.24, 2.45) is 0 Å². The van der Waals surface area contributed by atoms with Gasteiger partial charge in [-0.3, -0.25) is 4.90 Å². The molecular formula is C8H15NO. The largest absolute Gasteiger partial charge is 0.392 e. The summed E-state index contributed by atoms with van der Waals surface area (Å²) in [4.78, 5) is 1.94. The van der Waals surface area contributed by atoms with Crippen LogP contribution in [0, 0.1) is 12.3 Å². The lowest BCUT2D eigenvalue weighted by Crippen LogP contribution is -2.37. The molecule has 0 unspecified atom stereocenters. The molecule has 0 aromatic heterocycles. The maximum absolute atomic E-state index is 9.11. The molecule has 0 heterocycles. The molecule has 0 aliphatic rings. The number of likely N-dealkylation sites (N-methyl/N-ethyl adjacent to an activating group) is 1. The van der Waals surface area contributed by atoms with Crippen molar-refractivity contribution < 1.29 is 5.11 Å². The first-order valence-corrected chi connectivity index (χ1v) is 3.41. The van der Waals surface area contributed by atoms with Crippen LogP contribution in [0.1, 0.15) is 13.8 Å². The molecule has 0 bridgehead atoms.